The molecule has 0 radical (unpaired) electrons. The highest BCUT2D eigenvalue weighted by Gasteiger charge is 2.53. The molecular formula is C23H30F3N5O5. The van der Waals surface area contributed by atoms with Crippen molar-refractivity contribution in [3.8, 4) is 6.07 Å². The summed E-state index contributed by atoms with van der Waals surface area (Å²) in [5, 5.41) is 17.2. The van der Waals surface area contributed by atoms with Crippen LogP contribution in [0.3, 0.4) is 0 Å². The van der Waals surface area contributed by atoms with Crippen LogP contribution >= 0.6 is 0 Å². The van der Waals surface area contributed by atoms with E-state index in [2.05, 4.69) is 20.7 Å². The van der Waals surface area contributed by atoms with E-state index in [9.17, 15) is 37.6 Å². The minimum absolute atomic E-state index is 0.0141. The number of amides is 4. The number of alkyl carbamates (subject to hydrolysis) is 1. The first-order valence-electron chi connectivity index (χ1n) is 11.7. The summed E-state index contributed by atoms with van der Waals surface area (Å²) in [4.78, 5) is 52.0. The molecule has 0 spiro atoms. The van der Waals surface area contributed by atoms with Crippen molar-refractivity contribution >= 4 is 23.8 Å². The van der Waals surface area contributed by atoms with Crippen molar-refractivity contribution in [3.63, 3.8) is 0 Å². The second kappa shape index (κ2) is 10.4. The van der Waals surface area contributed by atoms with E-state index in [4.69, 9.17) is 0 Å². The number of alkyl halides is 3. The molecule has 10 nitrogen and oxygen atoms in total. The largest absolute Gasteiger partial charge is 0.453 e. The number of carbonyl (C=O) groups excluding carboxylic acids is 4. The van der Waals surface area contributed by atoms with Gasteiger partial charge in [-0.3, -0.25) is 14.4 Å². The molecule has 0 saturated carbocycles. The van der Waals surface area contributed by atoms with Gasteiger partial charge in [-0.25, -0.2) is 4.79 Å². The zero-order valence-electron chi connectivity index (χ0n) is 20.2. The number of methoxy groups -OCH3 is 1. The average molecular weight is 514 g/mol. The highest BCUT2D eigenvalue weighted by Crippen LogP contribution is 2.39. The van der Waals surface area contributed by atoms with Crippen molar-refractivity contribution in [2.45, 2.75) is 69.9 Å². The molecule has 0 aromatic carbocycles. The van der Waals surface area contributed by atoms with Crippen LogP contribution in [0.25, 0.3) is 0 Å². The number of hydrogen-bond donors (Lipinski definition) is 3. The highest BCUT2D eigenvalue weighted by molar-refractivity contribution is 5.92. The lowest BCUT2D eigenvalue weighted by Gasteiger charge is -2.37. The molecule has 0 aromatic heterocycles. The fourth-order valence-corrected chi connectivity index (χ4v) is 4.95. The third-order valence-electron chi connectivity index (χ3n) is 7.07. The van der Waals surface area contributed by atoms with Gasteiger partial charge in [0.15, 0.2) is 0 Å². The van der Waals surface area contributed by atoms with Crippen molar-refractivity contribution in [1.82, 2.24) is 20.9 Å². The molecule has 0 aromatic rings. The van der Waals surface area contributed by atoms with Crippen molar-refractivity contribution in [3.05, 3.63) is 12.2 Å². The fourth-order valence-electron chi connectivity index (χ4n) is 4.95. The van der Waals surface area contributed by atoms with Crippen LogP contribution in [0, 0.1) is 28.6 Å². The molecule has 3 aliphatic rings. The molecule has 13 heteroatoms. The molecule has 3 heterocycles. The Morgan fingerprint density at radius 3 is 2.50 bits per heavy atom. The van der Waals surface area contributed by atoms with Crippen LogP contribution in [0.4, 0.5) is 18.0 Å². The molecule has 2 saturated heterocycles. The minimum Gasteiger partial charge on any atom is -0.453 e. The summed E-state index contributed by atoms with van der Waals surface area (Å²) in [6, 6.07) is -2.40. The molecule has 4 amide bonds. The zero-order chi connectivity index (χ0) is 26.8. The van der Waals surface area contributed by atoms with E-state index in [-0.39, 0.29) is 24.8 Å². The van der Waals surface area contributed by atoms with Gasteiger partial charge in [-0.1, -0.05) is 26.0 Å². The summed E-state index contributed by atoms with van der Waals surface area (Å²) in [5.41, 5.74) is -1.00. The molecule has 2 fully saturated rings. The molecular weight excluding hydrogens is 483 g/mol. The van der Waals surface area contributed by atoms with Gasteiger partial charge < -0.3 is 25.6 Å². The molecule has 6 atom stereocenters. The van der Waals surface area contributed by atoms with E-state index in [1.807, 2.05) is 6.07 Å². The first-order chi connectivity index (χ1) is 16.8. The first kappa shape index (κ1) is 27.3. The van der Waals surface area contributed by atoms with Gasteiger partial charge in [0.1, 0.15) is 18.1 Å². The molecule has 198 valence electrons. The highest BCUT2D eigenvalue weighted by atomic mass is 19.4. The average Bonchev–Trinajstić information content (AvgIpc) is 3.39. The zero-order valence-corrected chi connectivity index (χ0v) is 20.2. The Morgan fingerprint density at radius 1 is 1.19 bits per heavy atom. The monoisotopic (exact) mass is 513 g/mol. The maximum absolute atomic E-state index is 13.6. The van der Waals surface area contributed by atoms with E-state index in [1.165, 1.54) is 0 Å². The van der Waals surface area contributed by atoms with Crippen molar-refractivity contribution in [2.24, 2.45) is 17.3 Å². The van der Waals surface area contributed by atoms with Gasteiger partial charge in [-0.05, 0) is 31.1 Å². The Bertz CT molecular complexity index is 976. The quantitative estimate of drug-likeness (QED) is 0.453. The summed E-state index contributed by atoms with van der Waals surface area (Å²) >= 11 is 0. The third-order valence-corrected chi connectivity index (χ3v) is 7.07. The summed E-state index contributed by atoms with van der Waals surface area (Å²) in [7, 11) is 1.09. The van der Waals surface area contributed by atoms with E-state index in [0.29, 0.717) is 6.42 Å². The summed E-state index contributed by atoms with van der Waals surface area (Å²) in [5.74, 6) is -4.59. The maximum Gasteiger partial charge on any atom is 0.407 e. The number of ether oxygens (including phenoxy) is 1. The smallest absolute Gasteiger partial charge is 0.407 e. The third kappa shape index (κ3) is 5.91. The van der Waals surface area contributed by atoms with Crippen LogP contribution in [-0.2, 0) is 19.1 Å². The Balaban J connectivity index is 2.03. The van der Waals surface area contributed by atoms with Crippen molar-refractivity contribution in [1.29, 1.82) is 5.26 Å². The van der Waals surface area contributed by atoms with E-state index < -0.39 is 72.4 Å². The number of fused-ring (bicyclic) bond motifs is 3. The van der Waals surface area contributed by atoms with Crippen LogP contribution in [0.5, 0.6) is 0 Å². The fraction of sp³-hybridized carbons (Fsp3) is 0.696. The normalized spacial score (nSPS) is 33.8. The predicted molar refractivity (Wildman–Crippen MR) is 119 cm³/mol. The Hall–Kier alpha value is -3.30. The van der Waals surface area contributed by atoms with Gasteiger partial charge in [0.05, 0.1) is 19.1 Å². The lowest BCUT2D eigenvalue weighted by Crippen LogP contribution is -2.58. The van der Waals surface area contributed by atoms with Crippen molar-refractivity contribution in [2.75, 3.05) is 13.7 Å². The van der Waals surface area contributed by atoms with Gasteiger partial charge in [0.2, 0.25) is 17.7 Å². The Labute approximate surface area is 206 Å². The molecule has 1 unspecified atom stereocenters. The summed E-state index contributed by atoms with van der Waals surface area (Å²) < 4.78 is 45.5. The van der Waals surface area contributed by atoms with Gasteiger partial charge in [0, 0.05) is 18.5 Å². The molecule has 3 N–H and O–H groups in total. The number of halogens is 3. The molecule has 3 rings (SSSR count). The van der Waals surface area contributed by atoms with Crippen molar-refractivity contribution < 1.29 is 37.1 Å². The van der Waals surface area contributed by atoms with E-state index in [1.54, 1.807) is 26.0 Å². The predicted octanol–water partition coefficient (Wildman–Crippen LogP) is 1.38. The van der Waals surface area contributed by atoms with Crippen LogP contribution in [0.1, 0.15) is 39.5 Å². The number of hydrogen-bond acceptors (Lipinski definition) is 6. The van der Waals surface area contributed by atoms with Gasteiger partial charge in [0.25, 0.3) is 0 Å². The topological polar surface area (TPSA) is 141 Å². The molecule has 36 heavy (non-hydrogen) atoms. The Kier molecular flexibility index (Phi) is 7.85. The van der Waals surface area contributed by atoms with Crippen LogP contribution < -0.4 is 16.0 Å². The number of nitriles is 1. The minimum atomic E-state index is -4.66. The second-order valence-electron chi connectivity index (χ2n) is 10.1. The summed E-state index contributed by atoms with van der Waals surface area (Å²) in [6.45, 7) is 2.54. The van der Waals surface area contributed by atoms with Gasteiger partial charge >= 0.3 is 12.3 Å². The Morgan fingerprint density at radius 2 is 1.89 bits per heavy atom. The number of rotatable bonds is 1. The lowest BCUT2D eigenvalue weighted by molar-refractivity contribution is -0.171. The van der Waals surface area contributed by atoms with Crippen LogP contribution in [-0.4, -0.2) is 72.7 Å². The van der Waals surface area contributed by atoms with Crippen LogP contribution in [0.15, 0.2) is 12.2 Å². The van der Waals surface area contributed by atoms with Gasteiger partial charge in [-0.2, -0.15) is 18.4 Å². The second-order valence-corrected chi connectivity index (χ2v) is 10.1. The molecule has 3 aliphatic heterocycles. The molecule has 0 aliphatic carbocycles. The standard InChI is InChI=1S/C23H30F3N5O5/c1-22(2)6-4-5-14-7-12(18(32)28-14)8-15(10-27)29-19(33)16-9-13(23(24,25)26)11-31(16)20(34)17(22)30-21(35)36-3/h4-5,12-17H,6-9,11H2,1-3H3,(H,28,32)(H,29,33)(H,30,35)/b5-4+/t12-,13+,14+,15?,16-,17+/m0/s1. The van der Waals surface area contributed by atoms with Gasteiger partial charge in [-0.15, -0.1) is 0 Å². The SMILES string of the molecule is COC(=O)N[C@@H]1C(=O)N2C[C@H](C(F)(F)F)C[C@H]2C(=O)NC(C#N)C[C@@H]2C[C@@H](/C=C/CC1(C)C)NC2=O. The van der Waals surface area contributed by atoms with Crippen LogP contribution in [0.2, 0.25) is 0 Å². The summed E-state index contributed by atoms with van der Waals surface area (Å²) in [6.07, 6.45) is -2.24. The number of carbonyl (C=O) groups is 4. The van der Waals surface area contributed by atoms with E-state index >= 15 is 0 Å². The van der Waals surface area contributed by atoms with E-state index in [0.717, 1.165) is 12.0 Å². The maximum atomic E-state index is 13.6. The first-order valence-corrected chi connectivity index (χ1v) is 11.7. The number of nitrogens with one attached hydrogen (secondary N) is 3. The number of allylic oxidation sites excluding steroid dienone is 1. The molecule has 2 bridgehead atoms. The number of nitrogens with zero attached hydrogens (tertiary/aromatic N) is 2. The lowest BCUT2D eigenvalue weighted by atomic mass is 9.80.